The summed E-state index contributed by atoms with van der Waals surface area (Å²) in [5, 5.41) is 2.57. The molecule has 36 heavy (non-hydrogen) atoms. The monoisotopic (exact) mass is 502 g/mol. The number of nitrogens with zero attached hydrogens (tertiary/aromatic N) is 3. The maximum atomic E-state index is 14.0. The van der Waals surface area contributed by atoms with E-state index < -0.39 is 29.6 Å². The first-order valence-corrected chi connectivity index (χ1v) is 11.6. The average Bonchev–Trinajstić information content (AvgIpc) is 3.32. The van der Waals surface area contributed by atoms with Gasteiger partial charge in [-0.2, -0.15) is 13.2 Å². The molecule has 0 aliphatic carbocycles. The van der Waals surface area contributed by atoms with Crippen molar-refractivity contribution >= 4 is 17.6 Å². The predicted octanol–water partition coefficient (Wildman–Crippen LogP) is 5.52. The summed E-state index contributed by atoms with van der Waals surface area (Å²) in [4.78, 5) is 29.4. The third kappa shape index (κ3) is 5.53. The summed E-state index contributed by atoms with van der Waals surface area (Å²) in [5.41, 5.74) is 0.838. The second-order valence-electron chi connectivity index (χ2n) is 8.60. The maximum absolute atomic E-state index is 14.0. The SMILES string of the molecule is CCCN(CC(=O)N1CCn2cccc2[C@@H]1c1cccc(F)c1)C(=O)Nc1ccc(C(F)(F)F)cc1. The number of carbonyl (C=O) groups is 2. The highest BCUT2D eigenvalue weighted by Gasteiger charge is 2.34. The Hall–Kier alpha value is -3.82. The molecule has 0 saturated heterocycles. The lowest BCUT2D eigenvalue weighted by molar-refractivity contribution is -0.137. The fourth-order valence-corrected chi connectivity index (χ4v) is 4.40. The molecule has 1 aliphatic heterocycles. The van der Waals surface area contributed by atoms with Gasteiger partial charge in [0.05, 0.1) is 11.6 Å². The van der Waals surface area contributed by atoms with Crippen LogP contribution in [0.5, 0.6) is 0 Å². The van der Waals surface area contributed by atoms with E-state index >= 15 is 0 Å². The summed E-state index contributed by atoms with van der Waals surface area (Å²) in [6.07, 6.45) is -2.00. The molecule has 4 rings (SSSR count). The van der Waals surface area contributed by atoms with Crippen LogP contribution in [0.4, 0.5) is 28.0 Å². The van der Waals surface area contributed by atoms with E-state index in [1.165, 1.54) is 29.2 Å². The van der Waals surface area contributed by atoms with Crippen molar-refractivity contribution in [1.29, 1.82) is 0 Å². The number of carbonyl (C=O) groups excluding carboxylic acids is 2. The smallest absolute Gasteiger partial charge is 0.348 e. The molecule has 0 bridgehead atoms. The van der Waals surface area contributed by atoms with Crippen molar-refractivity contribution in [2.45, 2.75) is 32.1 Å². The fraction of sp³-hybridized carbons (Fsp3) is 0.308. The zero-order valence-corrected chi connectivity index (χ0v) is 19.6. The van der Waals surface area contributed by atoms with Crippen LogP contribution in [-0.2, 0) is 17.5 Å². The summed E-state index contributed by atoms with van der Waals surface area (Å²) in [7, 11) is 0. The van der Waals surface area contributed by atoms with E-state index in [1.807, 2.05) is 29.8 Å². The molecular formula is C26H26F4N4O2. The number of aromatic nitrogens is 1. The lowest BCUT2D eigenvalue weighted by atomic mass is 9.99. The van der Waals surface area contributed by atoms with Gasteiger partial charge in [0.15, 0.2) is 0 Å². The van der Waals surface area contributed by atoms with E-state index in [4.69, 9.17) is 0 Å². The Bertz CT molecular complexity index is 1220. The van der Waals surface area contributed by atoms with Crippen LogP contribution in [0.3, 0.4) is 0 Å². The zero-order chi connectivity index (χ0) is 25.9. The predicted molar refractivity (Wildman–Crippen MR) is 127 cm³/mol. The second kappa shape index (κ2) is 10.4. The van der Waals surface area contributed by atoms with Crippen molar-refractivity contribution in [2.75, 3.05) is 25.0 Å². The Morgan fingerprint density at radius 2 is 1.81 bits per heavy atom. The molecule has 1 atom stereocenters. The molecular weight excluding hydrogens is 476 g/mol. The lowest BCUT2D eigenvalue weighted by Crippen LogP contribution is -2.48. The number of nitrogens with one attached hydrogen (secondary N) is 1. The van der Waals surface area contributed by atoms with E-state index in [-0.39, 0.29) is 24.7 Å². The van der Waals surface area contributed by atoms with Gasteiger partial charge in [-0.05, 0) is 60.5 Å². The Morgan fingerprint density at radius 1 is 1.06 bits per heavy atom. The fourth-order valence-electron chi connectivity index (χ4n) is 4.40. The minimum Gasteiger partial charge on any atom is -0.348 e. The van der Waals surface area contributed by atoms with Gasteiger partial charge in [0, 0.05) is 37.2 Å². The maximum Gasteiger partial charge on any atom is 0.416 e. The van der Waals surface area contributed by atoms with Gasteiger partial charge < -0.3 is 19.7 Å². The number of halogens is 4. The minimum atomic E-state index is -4.48. The second-order valence-corrected chi connectivity index (χ2v) is 8.60. The van der Waals surface area contributed by atoms with Crippen molar-refractivity contribution in [1.82, 2.24) is 14.4 Å². The molecule has 3 aromatic rings. The molecule has 0 fully saturated rings. The van der Waals surface area contributed by atoms with Crippen LogP contribution in [0.1, 0.15) is 36.2 Å². The quantitative estimate of drug-likeness (QED) is 0.451. The third-order valence-corrected chi connectivity index (χ3v) is 6.09. The normalized spacial score (nSPS) is 15.4. The molecule has 1 aromatic heterocycles. The van der Waals surface area contributed by atoms with Crippen LogP contribution >= 0.6 is 0 Å². The summed E-state index contributed by atoms with van der Waals surface area (Å²) in [5.74, 6) is -0.722. The Kier molecular flexibility index (Phi) is 7.32. The van der Waals surface area contributed by atoms with Gasteiger partial charge in [-0.3, -0.25) is 4.79 Å². The average molecular weight is 503 g/mol. The summed E-state index contributed by atoms with van der Waals surface area (Å²) in [6.45, 7) is 2.83. The van der Waals surface area contributed by atoms with Crippen LogP contribution in [0.15, 0.2) is 66.9 Å². The van der Waals surface area contributed by atoms with Crippen LogP contribution in [0.2, 0.25) is 0 Å². The summed E-state index contributed by atoms with van der Waals surface area (Å²) in [6, 6.07) is 12.9. The number of benzene rings is 2. The van der Waals surface area contributed by atoms with Crippen LogP contribution in [0, 0.1) is 5.82 Å². The molecule has 1 N–H and O–H groups in total. The lowest BCUT2D eigenvalue weighted by Gasteiger charge is -2.38. The molecule has 2 aromatic carbocycles. The van der Waals surface area contributed by atoms with Crippen molar-refractivity contribution in [3.63, 3.8) is 0 Å². The van der Waals surface area contributed by atoms with Gasteiger partial charge in [-0.1, -0.05) is 19.1 Å². The van der Waals surface area contributed by atoms with Gasteiger partial charge in [0.25, 0.3) is 0 Å². The number of alkyl halides is 3. The van der Waals surface area contributed by atoms with E-state index in [0.29, 0.717) is 25.1 Å². The van der Waals surface area contributed by atoms with E-state index in [2.05, 4.69) is 5.32 Å². The summed E-state index contributed by atoms with van der Waals surface area (Å²) < 4.78 is 54.5. The van der Waals surface area contributed by atoms with Crippen LogP contribution in [0.25, 0.3) is 0 Å². The van der Waals surface area contributed by atoms with Crippen molar-refractivity contribution < 1.29 is 27.2 Å². The molecule has 6 nitrogen and oxygen atoms in total. The number of hydrogen-bond acceptors (Lipinski definition) is 2. The first kappa shape index (κ1) is 25.3. The van der Waals surface area contributed by atoms with Crippen molar-refractivity contribution in [3.8, 4) is 0 Å². The highest BCUT2D eigenvalue weighted by molar-refractivity contribution is 5.92. The first-order chi connectivity index (χ1) is 17.2. The topological polar surface area (TPSA) is 57.6 Å². The summed E-state index contributed by atoms with van der Waals surface area (Å²) >= 11 is 0. The van der Waals surface area contributed by atoms with Crippen LogP contribution < -0.4 is 5.32 Å². The molecule has 0 radical (unpaired) electrons. The van der Waals surface area contributed by atoms with E-state index in [0.717, 1.165) is 17.8 Å². The number of amides is 3. The van der Waals surface area contributed by atoms with Gasteiger partial charge in [0.2, 0.25) is 5.91 Å². The minimum absolute atomic E-state index is 0.190. The molecule has 190 valence electrons. The molecule has 0 unspecified atom stereocenters. The largest absolute Gasteiger partial charge is 0.416 e. The molecule has 3 amide bonds. The van der Waals surface area contributed by atoms with Gasteiger partial charge >= 0.3 is 12.2 Å². The zero-order valence-electron chi connectivity index (χ0n) is 19.6. The third-order valence-electron chi connectivity index (χ3n) is 6.09. The Balaban J connectivity index is 1.52. The standard InChI is InChI=1S/C26H26F4N4O2/c1-2-12-33(25(36)31-21-10-8-19(9-11-21)26(28,29)30)17-23(35)34-15-14-32-13-4-7-22(32)24(34)18-5-3-6-20(27)16-18/h3-11,13,16,24H,2,12,14-15,17H2,1H3,(H,31,36)/t24-/m0/s1. The molecule has 2 heterocycles. The van der Waals surface area contributed by atoms with Crippen LogP contribution in [-0.4, -0.2) is 45.9 Å². The Morgan fingerprint density at radius 3 is 2.47 bits per heavy atom. The highest BCUT2D eigenvalue weighted by atomic mass is 19.4. The number of fused-ring (bicyclic) bond motifs is 1. The highest BCUT2D eigenvalue weighted by Crippen LogP contribution is 2.33. The number of anilines is 1. The van der Waals surface area contributed by atoms with E-state index in [1.54, 1.807) is 17.0 Å². The molecule has 0 saturated carbocycles. The number of urea groups is 1. The van der Waals surface area contributed by atoms with Crippen molar-refractivity contribution in [3.05, 3.63) is 89.5 Å². The van der Waals surface area contributed by atoms with Gasteiger partial charge in [-0.15, -0.1) is 0 Å². The van der Waals surface area contributed by atoms with E-state index in [9.17, 15) is 27.2 Å². The van der Waals surface area contributed by atoms with Gasteiger partial charge in [0.1, 0.15) is 12.4 Å². The van der Waals surface area contributed by atoms with Gasteiger partial charge in [-0.25, -0.2) is 9.18 Å². The van der Waals surface area contributed by atoms with Crippen molar-refractivity contribution in [2.24, 2.45) is 0 Å². The molecule has 1 aliphatic rings. The molecule has 10 heteroatoms. The number of hydrogen-bond donors (Lipinski definition) is 1. The number of rotatable bonds is 6. The first-order valence-electron chi connectivity index (χ1n) is 11.6. The molecule has 0 spiro atoms. The Labute approximate surface area is 206 Å².